The molecule has 4 fully saturated rings. The first kappa shape index (κ1) is 13.5. The predicted molar refractivity (Wildman–Crippen MR) is 72.9 cm³/mol. The van der Waals surface area contributed by atoms with Gasteiger partial charge >= 0.3 is 0 Å². The van der Waals surface area contributed by atoms with Crippen molar-refractivity contribution >= 4 is 0 Å². The molecule has 0 bridgehead atoms. The number of rotatable bonds is 1. The van der Waals surface area contributed by atoms with Gasteiger partial charge in [0.05, 0.1) is 6.10 Å². The van der Waals surface area contributed by atoms with E-state index in [-0.39, 0.29) is 18.5 Å². The van der Waals surface area contributed by atoms with E-state index in [1.807, 2.05) is 13.8 Å². The van der Waals surface area contributed by atoms with Crippen LogP contribution in [0.15, 0.2) is 0 Å². The fraction of sp³-hybridized carbons (Fsp3) is 1.00. The third kappa shape index (κ3) is 1.68. The second-order valence-corrected chi connectivity index (χ2v) is 7.60. The summed E-state index contributed by atoms with van der Waals surface area (Å²) in [6.45, 7) is 6.06. The van der Waals surface area contributed by atoms with Crippen LogP contribution >= 0.6 is 0 Å². The zero-order valence-corrected chi connectivity index (χ0v) is 12.7. The Morgan fingerprint density at radius 1 is 1.10 bits per heavy atom. The van der Waals surface area contributed by atoms with Crippen LogP contribution in [0.1, 0.15) is 52.9 Å². The summed E-state index contributed by atoms with van der Waals surface area (Å²) in [5, 5.41) is 11.2. The summed E-state index contributed by atoms with van der Waals surface area (Å²) in [4.78, 5) is 0. The van der Waals surface area contributed by atoms with Gasteiger partial charge in [0.2, 0.25) is 0 Å². The molecular weight excluding hydrogens is 256 g/mol. The van der Waals surface area contributed by atoms with Gasteiger partial charge in [-0.05, 0) is 44.4 Å². The molecule has 0 aromatic heterocycles. The van der Waals surface area contributed by atoms with Gasteiger partial charge in [0, 0.05) is 0 Å². The van der Waals surface area contributed by atoms with Crippen molar-refractivity contribution in [3.63, 3.8) is 0 Å². The zero-order chi connectivity index (χ0) is 14.1. The average molecular weight is 282 g/mol. The lowest BCUT2D eigenvalue weighted by Gasteiger charge is -2.35. The van der Waals surface area contributed by atoms with E-state index in [4.69, 9.17) is 14.2 Å². The Morgan fingerprint density at radius 2 is 1.90 bits per heavy atom. The van der Waals surface area contributed by atoms with Gasteiger partial charge in [-0.2, -0.15) is 0 Å². The molecule has 0 spiro atoms. The second kappa shape index (κ2) is 4.19. The summed E-state index contributed by atoms with van der Waals surface area (Å²) >= 11 is 0. The van der Waals surface area contributed by atoms with Crippen LogP contribution < -0.4 is 0 Å². The fourth-order valence-electron chi connectivity index (χ4n) is 5.27. The molecule has 3 unspecified atom stereocenters. The lowest BCUT2D eigenvalue weighted by molar-refractivity contribution is -0.229. The largest absolute Gasteiger partial charge is 0.384 e. The molecule has 4 rings (SSSR count). The molecule has 4 nitrogen and oxygen atoms in total. The van der Waals surface area contributed by atoms with Gasteiger partial charge in [-0.25, -0.2) is 0 Å². The van der Waals surface area contributed by atoms with Gasteiger partial charge in [0.1, 0.15) is 11.7 Å². The molecule has 20 heavy (non-hydrogen) atoms. The Balaban J connectivity index is 1.62. The Bertz CT molecular complexity index is 409. The normalized spacial score (nSPS) is 56.4. The van der Waals surface area contributed by atoms with Crippen molar-refractivity contribution in [2.24, 2.45) is 17.8 Å². The summed E-state index contributed by atoms with van der Waals surface area (Å²) in [7, 11) is 0. The molecule has 7 atom stereocenters. The van der Waals surface area contributed by atoms with Crippen LogP contribution in [0, 0.1) is 17.8 Å². The summed E-state index contributed by atoms with van der Waals surface area (Å²) in [5.41, 5.74) is -0.842. The highest BCUT2D eigenvalue weighted by molar-refractivity contribution is 5.14. The van der Waals surface area contributed by atoms with Gasteiger partial charge in [-0.15, -0.1) is 0 Å². The minimum atomic E-state index is -0.842. The van der Waals surface area contributed by atoms with E-state index in [2.05, 4.69) is 6.92 Å². The summed E-state index contributed by atoms with van der Waals surface area (Å²) in [6, 6.07) is 0. The lowest BCUT2D eigenvalue weighted by atomic mass is 9.72. The van der Waals surface area contributed by atoms with E-state index in [1.165, 1.54) is 25.7 Å². The number of fused-ring (bicyclic) bond motifs is 5. The van der Waals surface area contributed by atoms with Crippen molar-refractivity contribution in [1.29, 1.82) is 0 Å². The van der Waals surface area contributed by atoms with Crippen LogP contribution in [0.3, 0.4) is 0 Å². The number of hydrogen-bond acceptors (Lipinski definition) is 4. The monoisotopic (exact) mass is 282 g/mol. The average Bonchev–Trinajstić information content (AvgIpc) is 2.93. The van der Waals surface area contributed by atoms with Crippen molar-refractivity contribution in [1.82, 2.24) is 0 Å². The van der Waals surface area contributed by atoms with Gasteiger partial charge in [-0.1, -0.05) is 26.2 Å². The SMILES string of the molecule is CCC1CCCC2C1C[C@@]1(O)[C@@H]2O[C@@H]2OC(C)(C)O[C@@H]21. The molecule has 1 N–H and O–H groups in total. The Hall–Kier alpha value is -0.160. The first-order valence-corrected chi connectivity index (χ1v) is 8.18. The second-order valence-electron chi connectivity index (χ2n) is 7.60. The maximum absolute atomic E-state index is 11.2. The first-order chi connectivity index (χ1) is 9.44. The molecule has 114 valence electrons. The van der Waals surface area contributed by atoms with Gasteiger partial charge in [0.25, 0.3) is 0 Å². The molecule has 2 heterocycles. The third-order valence-corrected chi connectivity index (χ3v) is 6.07. The third-order valence-electron chi connectivity index (χ3n) is 6.07. The molecule has 4 heteroatoms. The number of aliphatic hydroxyl groups is 1. The highest BCUT2D eigenvalue weighted by atomic mass is 16.8. The highest BCUT2D eigenvalue weighted by Crippen LogP contribution is 2.58. The van der Waals surface area contributed by atoms with Crippen molar-refractivity contribution in [2.75, 3.05) is 0 Å². The molecular formula is C16H26O4. The molecule has 0 aromatic carbocycles. The van der Waals surface area contributed by atoms with Crippen LogP contribution in [0.4, 0.5) is 0 Å². The summed E-state index contributed by atoms with van der Waals surface area (Å²) in [6.07, 6.45) is 4.98. The Morgan fingerprint density at radius 3 is 2.65 bits per heavy atom. The van der Waals surface area contributed by atoms with Crippen LogP contribution in [-0.4, -0.2) is 35.0 Å². The van der Waals surface area contributed by atoms with Crippen LogP contribution in [0.2, 0.25) is 0 Å². The Kier molecular flexibility index (Phi) is 2.83. The molecule has 0 amide bonds. The first-order valence-electron chi connectivity index (χ1n) is 8.18. The molecule has 2 aliphatic carbocycles. The van der Waals surface area contributed by atoms with E-state index in [0.717, 1.165) is 12.3 Å². The van der Waals surface area contributed by atoms with E-state index >= 15 is 0 Å². The molecule has 0 radical (unpaired) electrons. The van der Waals surface area contributed by atoms with Crippen molar-refractivity contribution in [3.05, 3.63) is 0 Å². The van der Waals surface area contributed by atoms with Crippen molar-refractivity contribution in [3.8, 4) is 0 Å². The number of ether oxygens (including phenoxy) is 3. The van der Waals surface area contributed by atoms with Gasteiger partial charge in [-0.3, -0.25) is 0 Å². The molecule has 2 saturated heterocycles. The van der Waals surface area contributed by atoms with E-state index in [0.29, 0.717) is 11.8 Å². The van der Waals surface area contributed by atoms with Crippen LogP contribution in [0.25, 0.3) is 0 Å². The fourth-order valence-corrected chi connectivity index (χ4v) is 5.27. The van der Waals surface area contributed by atoms with Crippen LogP contribution in [0.5, 0.6) is 0 Å². The molecule has 2 aliphatic heterocycles. The maximum Gasteiger partial charge on any atom is 0.190 e. The van der Waals surface area contributed by atoms with Crippen LogP contribution in [-0.2, 0) is 14.2 Å². The van der Waals surface area contributed by atoms with Gasteiger partial charge in [0.15, 0.2) is 12.1 Å². The lowest BCUT2D eigenvalue weighted by Crippen LogP contribution is -2.46. The van der Waals surface area contributed by atoms with Crippen molar-refractivity contribution < 1.29 is 19.3 Å². The van der Waals surface area contributed by atoms with E-state index in [9.17, 15) is 5.11 Å². The quantitative estimate of drug-likeness (QED) is 0.802. The molecule has 4 aliphatic rings. The molecule has 0 aromatic rings. The topological polar surface area (TPSA) is 47.9 Å². The minimum absolute atomic E-state index is 0.0899. The maximum atomic E-state index is 11.2. The van der Waals surface area contributed by atoms with E-state index < -0.39 is 11.4 Å². The smallest absolute Gasteiger partial charge is 0.190 e. The highest BCUT2D eigenvalue weighted by Gasteiger charge is 2.69. The summed E-state index contributed by atoms with van der Waals surface area (Å²) in [5.74, 6) is 1.17. The zero-order valence-electron chi connectivity index (χ0n) is 12.7. The predicted octanol–water partition coefficient (Wildman–Crippen LogP) is 2.44. The number of hydrogen-bond donors (Lipinski definition) is 1. The molecule has 2 saturated carbocycles. The summed E-state index contributed by atoms with van der Waals surface area (Å²) < 4.78 is 17.9. The standard InChI is InChI=1S/C16H26O4/c1-4-9-6-5-7-10-11(9)8-16(17)12(10)18-14-13(16)19-15(2,3)20-14/h9-14,17H,4-8H2,1-3H3/t9?,10?,11?,12-,13+,14-,16-/m1/s1. The Labute approximate surface area is 120 Å². The van der Waals surface area contributed by atoms with Gasteiger partial charge < -0.3 is 19.3 Å². The van der Waals surface area contributed by atoms with E-state index in [1.54, 1.807) is 0 Å². The minimum Gasteiger partial charge on any atom is -0.384 e. The van der Waals surface area contributed by atoms with Crippen molar-refractivity contribution in [2.45, 2.75) is 82.8 Å².